The molecule has 1 amide bonds. The van der Waals surface area contributed by atoms with Crippen LogP contribution in [0.3, 0.4) is 0 Å². The molecule has 3 aromatic rings. The number of halogens is 1. The predicted molar refractivity (Wildman–Crippen MR) is 107 cm³/mol. The normalized spacial score (nSPS) is 13.2. The van der Waals surface area contributed by atoms with Gasteiger partial charge >= 0.3 is 0 Å². The van der Waals surface area contributed by atoms with Crippen LogP contribution in [-0.2, 0) is 13.0 Å². The number of ether oxygens (including phenoxy) is 2. The molecule has 144 valence electrons. The Kier molecular flexibility index (Phi) is 4.96. The standard InChI is InChI=1S/C21H20ClN3O3/c1-27-18-8-5-14(11-19(18)28-2)21(26)25-10-9-17-16(12-25)20(24-23-17)13-3-6-15(22)7-4-13/h3-8,11H,9-10,12H2,1-2H3,(H,23,24). The molecule has 1 aromatic heterocycles. The van der Waals surface area contributed by atoms with Crippen molar-refractivity contribution in [1.29, 1.82) is 0 Å². The molecule has 0 saturated heterocycles. The lowest BCUT2D eigenvalue weighted by Gasteiger charge is -2.27. The molecule has 28 heavy (non-hydrogen) atoms. The molecule has 2 heterocycles. The minimum absolute atomic E-state index is 0.0464. The Bertz CT molecular complexity index is 1010. The second kappa shape index (κ2) is 7.56. The average molecular weight is 398 g/mol. The molecule has 7 heteroatoms. The monoisotopic (exact) mass is 397 g/mol. The maximum absolute atomic E-state index is 13.1. The van der Waals surface area contributed by atoms with Crippen LogP contribution in [-0.4, -0.2) is 41.8 Å². The van der Waals surface area contributed by atoms with E-state index >= 15 is 0 Å². The summed E-state index contributed by atoms with van der Waals surface area (Å²) in [5.41, 5.74) is 4.51. The van der Waals surface area contributed by atoms with Crippen molar-refractivity contribution in [1.82, 2.24) is 15.1 Å². The second-order valence-corrected chi connectivity index (χ2v) is 7.02. The second-order valence-electron chi connectivity index (χ2n) is 6.58. The Morgan fingerprint density at radius 2 is 1.86 bits per heavy atom. The summed E-state index contributed by atoms with van der Waals surface area (Å²) in [7, 11) is 3.13. The predicted octanol–water partition coefficient (Wildman–Crippen LogP) is 3.95. The quantitative estimate of drug-likeness (QED) is 0.723. The van der Waals surface area contributed by atoms with E-state index in [4.69, 9.17) is 21.1 Å². The molecular formula is C21H20ClN3O3. The van der Waals surface area contributed by atoms with Gasteiger partial charge in [-0.05, 0) is 30.3 Å². The summed E-state index contributed by atoms with van der Waals surface area (Å²) in [4.78, 5) is 14.9. The molecule has 0 saturated carbocycles. The maximum atomic E-state index is 13.1. The zero-order valence-electron chi connectivity index (χ0n) is 15.7. The van der Waals surface area contributed by atoms with Crippen molar-refractivity contribution in [2.24, 2.45) is 0 Å². The Morgan fingerprint density at radius 3 is 2.57 bits per heavy atom. The molecule has 0 spiro atoms. The van der Waals surface area contributed by atoms with Crippen molar-refractivity contribution >= 4 is 17.5 Å². The van der Waals surface area contributed by atoms with Crippen LogP contribution >= 0.6 is 11.6 Å². The first-order valence-corrected chi connectivity index (χ1v) is 9.32. The number of H-pyrrole nitrogens is 1. The highest BCUT2D eigenvalue weighted by molar-refractivity contribution is 6.30. The Labute approximate surface area is 168 Å². The fourth-order valence-electron chi connectivity index (χ4n) is 3.47. The van der Waals surface area contributed by atoms with E-state index in [0.717, 1.165) is 28.9 Å². The highest BCUT2D eigenvalue weighted by Gasteiger charge is 2.27. The molecule has 0 aliphatic carbocycles. The van der Waals surface area contributed by atoms with E-state index in [0.29, 0.717) is 35.2 Å². The minimum atomic E-state index is -0.0464. The number of methoxy groups -OCH3 is 2. The van der Waals surface area contributed by atoms with Gasteiger partial charge in [0.25, 0.3) is 5.91 Å². The fraction of sp³-hybridized carbons (Fsp3) is 0.238. The lowest BCUT2D eigenvalue weighted by molar-refractivity contribution is 0.0734. The van der Waals surface area contributed by atoms with Gasteiger partial charge in [0, 0.05) is 46.9 Å². The molecule has 0 bridgehead atoms. The van der Waals surface area contributed by atoms with E-state index in [9.17, 15) is 4.79 Å². The summed E-state index contributed by atoms with van der Waals surface area (Å²) in [6, 6.07) is 12.8. The third-order valence-corrected chi connectivity index (χ3v) is 5.22. The van der Waals surface area contributed by atoms with Crippen molar-refractivity contribution in [3.05, 3.63) is 64.3 Å². The zero-order valence-corrected chi connectivity index (χ0v) is 16.4. The van der Waals surface area contributed by atoms with Gasteiger partial charge in [-0.25, -0.2) is 0 Å². The average Bonchev–Trinajstić information content (AvgIpc) is 3.16. The Morgan fingerprint density at radius 1 is 1.11 bits per heavy atom. The molecule has 0 radical (unpaired) electrons. The number of nitrogens with one attached hydrogen (secondary N) is 1. The van der Waals surface area contributed by atoms with E-state index < -0.39 is 0 Å². The third-order valence-electron chi connectivity index (χ3n) is 4.97. The molecule has 0 unspecified atom stereocenters. The van der Waals surface area contributed by atoms with Crippen molar-refractivity contribution in [3.8, 4) is 22.8 Å². The van der Waals surface area contributed by atoms with Crippen LogP contribution in [0.1, 0.15) is 21.6 Å². The Hall–Kier alpha value is -2.99. The van der Waals surface area contributed by atoms with Gasteiger partial charge in [0.05, 0.1) is 19.9 Å². The summed E-state index contributed by atoms with van der Waals surface area (Å²) in [6.45, 7) is 1.12. The van der Waals surface area contributed by atoms with Crippen LogP contribution in [0, 0.1) is 0 Å². The summed E-state index contributed by atoms with van der Waals surface area (Å²) in [6.07, 6.45) is 0.731. The summed E-state index contributed by atoms with van der Waals surface area (Å²) < 4.78 is 10.6. The molecule has 2 aromatic carbocycles. The lowest BCUT2D eigenvalue weighted by Crippen LogP contribution is -2.35. The summed E-state index contributed by atoms with van der Waals surface area (Å²) in [5.74, 6) is 1.09. The van der Waals surface area contributed by atoms with Gasteiger partial charge in [0.15, 0.2) is 11.5 Å². The van der Waals surface area contributed by atoms with Crippen LogP contribution in [0.15, 0.2) is 42.5 Å². The molecule has 0 fully saturated rings. The van der Waals surface area contributed by atoms with E-state index in [-0.39, 0.29) is 5.91 Å². The SMILES string of the molecule is COc1ccc(C(=O)N2CCc3[nH]nc(-c4ccc(Cl)cc4)c3C2)cc1OC. The van der Waals surface area contributed by atoms with Gasteiger partial charge in [0.1, 0.15) is 0 Å². The number of hydrogen-bond acceptors (Lipinski definition) is 4. The van der Waals surface area contributed by atoms with Crippen molar-refractivity contribution < 1.29 is 14.3 Å². The number of rotatable bonds is 4. The van der Waals surface area contributed by atoms with E-state index in [1.165, 1.54) is 0 Å². The number of fused-ring (bicyclic) bond motifs is 1. The summed E-state index contributed by atoms with van der Waals surface area (Å²) >= 11 is 6.00. The smallest absolute Gasteiger partial charge is 0.254 e. The first-order valence-electron chi connectivity index (χ1n) is 8.94. The lowest BCUT2D eigenvalue weighted by atomic mass is 10.0. The number of aromatic amines is 1. The number of carbonyl (C=O) groups is 1. The first kappa shape index (κ1) is 18.4. The molecule has 1 N–H and O–H groups in total. The summed E-state index contributed by atoms with van der Waals surface area (Å²) in [5, 5.41) is 8.27. The van der Waals surface area contributed by atoms with Crippen LogP contribution in [0.25, 0.3) is 11.3 Å². The number of benzene rings is 2. The number of aromatic nitrogens is 2. The van der Waals surface area contributed by atoms with Crippen LogP contribution in [0.4, 0.5) is 0 Å². The van der Waals surface area contributed by atoms with Crippen LogP contribution in [0.5, 0.6) is 11.5 Å². The number of hydrogen-bond donors (Lipinski definition) is 1. The third kappa shape index (κ3) is 3.31. The number of nitrogens with zero attached hydrogens (tertiary/aromatic N) is 2. The van der Waals surface area contributed by atoms with Crippen LogP contribution in [0.2, 0.25) is 5.02 Å². The van der Waals surface area contributed by atoms with Gasteiger partial charge in [-0.2, -0.15) is 5.10 Å². The Balaban J connectivity index is 1.61. The van der Waals surface area contributed by atoms with Gasteiger partial charge in [-0.3, -0.25) is 9.89 Å². The van der Waals surface area contributed by atoms with Crippen molar-refractivity contribution in [2.45, 2.75) is 13.0 Å². The molecule has 0 atom stereocenters. The van der Waals surface area contributed by atoms with E-state index in [1.54, 1.807) is 32.4 Å². The topological polar surface area (TPSA) is 67.5 Å². The number of amides is 1. The highest BCUT2D eigenvalue weighted by Crippen LogP contribution is 2.31. The largest absolute Gasteiger partial charge is 0.493 e. The minimum Gasteiger partial charge on any atom is -0.493 e. The first-order chi connectivity index (χ1) is 13.6. The van der Waals surface area contributed by atoms with Crippen molar-refractivity contribution in [2.75, 3.05) is 20.8 Å². The van der Waals surface area contributed by atoms with Gasteiger partial charge in [0.2, 0.25) is 0 Å². The van der Waals surface area contributed by atoms with Crippen LogP contribution < -0.4 is 9.47 Å². The molecule has 1 aliphatic heterocycles. The number of carbonyl (C=O) groups excluding carboxylic acids is 1. The molecule has 6 nitrogen and oxygen atoms in total. The van der Waals surface area contributed by atoms with Gasteiger partial charge in [-0.1, -0.05) is 23.7 Å². The van der Waals surface area contributed by atoms with E-state index in [2.05, 4.69) is 10.2 Å². The molecular weight excluding hydrogens is 378 g/mol. The fourth-order valence-corrected chi connectivity index (χ4v) is 3.59. The van der Waals surface area contributed by atoms with Crippen molar-refractivity contribution in [3.63, 3.8) is 0 Å². The van der Waals surface area contributed by atoms with Gasteiger partial charge < -0.3 is 14.4 Å². The maximum Gasteiger partial charge on any atom is 0.254 e. The zero-order chi connectivity index (χ0) is 19.7. The highest BCUT2D eigenvalue weighted by atomic mass is 35.5. The van der Waals surface area contributed by atoms with Gasteiger partial charge in [-0.15, -0.1) is 0 Å². The molecule has 4 rings (SSSR count). The van der Waals surface area contributed by atoms with E-state index in [1.807, 2.05) is 29.2 Å². The molecule has 1 aliphatic rings.